The average molecular weight is 392 g/mol. The van der Waals surface area contributed by atoms with Crippen LogP contribution in [0.15, 0.2) is 47.5 Å². The van der Waals surface area contributed by atoms with Crippen LogP contribution in [0.4, 0.5) is 4.39 Å². The molecule has 0 atom stereocenters. The zero-order valence-electron chi connectivity index (χ0n) is 14.9. The molecule has 0 fully saturated rings. The molecule has 0 bridgehead atoms. The van der Waals surface area contributed by atoms with Crippen molar-refractivity contribution in [3.05, 3.63) is 70.4 Å². The Hall–Kier alpha value is -3.46. The van der Waals surface area contributed by atoms with Crippen LogP contribution in [-0.2, 0) is 0 Å². The first kappa shape index (κ1) is 16.7. The summed E-state index contributed by atoms with van der Waals surface area (Å²) in [5.41, 5.74) is 1.86. The molecule has 4 heterocycles. The highest BCUT2D eigenvalue weighted by atomic mass is 32.1. The summed E-state index contributed by atoms with van der Waals surface area (Å²) in [4.78, 5) is 27.1. The van der Waals surface area contributed by atoms with Crippen molar-refractivity contribution in [2.45, 2.75) is 13.8 Å². The smallest absolute Gasteiger partial charge is 0.268 e. The number of hydrogen-bond donors (Lipinski definition) is 0. The maximum Gasteiger partial charge on any atom is 0.268 e. The third kappa shape index (κ3) is 2.51. The molecule has 0 radical (unpaired) electrons. The normalized spacial score (nSPS) is 11.5. The first-order valence-electron chi connectivity index (χ1n) is 8.49. The van der Waals surface area contributed by atoms with Crippen LogP contribution in [0, 0.1) is 19.7 Å². The maximum absolute atomic E-state index is 13.2. The van der Waals surface area contributed by atoms with Crippen molar-refractivity contribution in [2.24, 2.45) is 0 Å². The van der Waals surface area contributed by atoms with Gasteiger partial charge in [-0.05, 0) is 37.6 Å². The predicted octanol–water partition coefficient (Wildman–Crippen LogP) is 3.31. The van der Waals surface area contributed by atoms with Crippen LogP contribution in [0.25, 0.3) is 32.3 Å². The van der Waals surface area contributed by atoms with Gasteiger partial charge in [0.1, 0.15) is 11.6 Å². The quantitative estimate of drug-likeness (QED) is 0.461. The fraction of sp³-hybridized carbons (Fsp3) is 0.105. The molecule has 7 nitrogen and oxygen atoms in total. The summed E-state index contributed by atoms with van der Waals surface area (Å²) >= 11 is 1.36. The molecule has 0 aliphatic rings. The Kier molecular flexibility index (Phi) is 3.59. The highest BCUT2D eigenvalue weighted by Crippen LogP contribution is 2.28. The Morgan fingerprint density at radius 1 is 1.07 bits per heavy atom. The first-order valence-corrected chi connectivity index (χ1v) is 9.30. The number of aryl methyl sites for hydroxylation is 2. The number of halogens is 1. The van der Waals surface area contributed by atoms with Crippen molar-refractivity contribution in [2.75, 3.05) is 0 Å². The number of thiazole rings is 1. The monoisotopic (exact) mass is 392 g/mol. The Morgan fingerprint density at radius 2 is 1.86 bits per heavy atom. The van der Waals surface area contributed by atoms with Crippen LogP contribution in [0.2, 0.25) is 0 Å². The van der Waals surface area contributed by atoms with Crippen molar-refractivity contribution < 1.29 is 4.39 Å². The zero-order valence-corrected chi connectivity index (χ0v) is 15.7. The molecule has 138 valence electrons. The number of fused-ring (bicyclic) bond motifs is 3. The summed E-state index contributed by atoms with van der Waals surface area (Å²) in [5, 5.41) is 5.33. The Morgan fingerprint density at radius 3 is 2.64 bits per heavy atom. The van der Waals surface area contributed by atoms with Crippen LogP contribution >= 0.6 is 11.3 Å². The van der Waals surface area contributed by atoms with E-state index in [0.29, 0.717) is 33.3 Å². The minimum absolute atomic E-state index is 0.224. The maximum atomic E-state index is 13.2. The van der Waals surface area contributed by atoms with Gasteiger partial charge in [0.05, 0.1) is 21.5 Å². The largest absolute Gasteiger partial charge is 0.268 e. The number of pyridine rings is 1. The summed E-state index contributed by atoms with van der Waals surface area (Å²) in [7, 11) is 0. The fourth-order valence-electron chi connectivity index (χ4n) is 3.16. The standard InChI is InChI=1S/C19H13FN6OS/c1-10-16-14(26-18(22-10)23-11(2)24-26)7-8-25(17(16)27)19-21-9-15(28-19)12-3-5-13(20)6-4-12/h3-9H,1-2H3. The van der Waals surface area contributed by atoms with Crippen molar-refractivity contribution in [3.8, 4) is 15.6 Å². The first-order chi connectivity index (χ1) is 13.5. The molecule has 0 spiro atoms. The Balaban J connectivity index is 1.69. The van der Waals surface area contributed by atoms with Gasteiger partial charge < -0.3 is 0 Å². The lowest BCUT2D eigenvalue weighted by Crippen LogP contribution is -2.20. The summed E-state index contributed by atoms with van der Waals surface area (Å²) < 4.78 is 16.2. The van der Waals surface area contributed by atoms with Gasteiger partial charge in [0, 0.05) is 12.4 Å². The lowest BCUT2D eigenvalue weighted by atomic mass is 10.2. The van der Waals surface area contributed by atoms with Gasteiger partial charge in [-0.1, -0.05) is 23.5 Å². The number of hydrogen-bond acceptors (Lipinski definition) is 6. The van der Waals surface area contributed by atoms with Crippen LogP contribution < -0.4 is 5.56 Å². The van der Waals surface area contributed by atoms with Crippen molar-refractivity contribution in [3.63, 3.8) is 0 Å². The van der Waals surface area contributed by atoms with Crippen molar-refractivity contribution in [1.82, 2.24) is 29.1 Å². The van der Waals surface area contributed by atoms with Crippen molar-refractivity contribution in [1.29, 1.82) is 0 Å². The molecule has 0 unspecified atom stereocenters. The molecule has 0 aliphatic heterocycles. The minimum Gasteiger partial charge on any atom is -0.268 e. The van der Waals surface area contributed by atoms with Crippen LogP contribution in [0.1, 0.15) is 11.5 Å². The molecule has 1 aromatic carbocycles. The third-order valence-electron chi connectivity index (χ3n) is 4.45. The molecule has 4 aromatic heterocycles. The van der Waals surface area contributed by atoms with Gasteiger partial charge in [-0.2, -0.15) is 9.50 Å². The number of rotatable bonds is 2. The van der Waals surface area contributed by atoms with Crippen LogP contribution in [-0.4, -0.2) is 29.1 Å². The third-order valence-corrected chi connectivity index (χ3v) is 5.50. The SMILES string of the molecule is Cc1nc2nc(C)c3c(=O)n(-c4ncc(-c5ccc(F)cc5)s4)ccc3n2n1. The molecular formula is C19H13FN6OS. The Bertz CT molecular complexity index is 1420. The van der Waals surface area contributed by atoms with Crippen LogP contribution in [0.5, 0.6) is 0 Å². The fourth-order valence-corrected chi connectivity index (χ4v) is 4.06. The molecule has 28 heavy (non-hydrogen) atoms. The van der Waals surface area contributed by atoms with Crippen molar-refractivity contribution >= 4 is 28.0 Å². The van der Waals surface area contributed by atoms with E-state index in [9.17, 15) is 9.18 Å². The topological polar surface area (TPSA) is 78.0 Å². The van der Waals surface area contributed by atoms with Gasteiger partial charge in [-0.15, -0.1) is 5.10 Å². The molecular weight excluding hydrogens is 379 g/mol. The van der Waals surface area contributed by atoms with Gasteiger partial charge in [-0.25, -0.2) is 14.4 Å². The van der Waals surface area contributed by atoms with Crippen LogP contribution in [0.3, 0.4) is 0 Å². The second-order valence-corrected chi connectivity index (χ2v) is 7.34. The van der Waals surface area contributed by atoms with E-state index in [-0.39, 0.29) is 11.4 Å². The zero-order chi connectivity index (χ0) is 19.4. The van der Waals surface area contributed by atoms with Gasteiger partial charge in [0.15, 0.2) is 5.13 Å². The molecule has 0 saturated heterocycles. The second-order valence-electron chi connectivity index (χ2n) is 6.33. The molecule has 0 amide bonds. The molecule has 0 aliphatic carbocycles. The Labute approximate surface area is 161 Å². The summed E-state index contributed by atoms with van der Waals surface area (Å²) in [6.07, 6.45) is 3.35. The molecule has 9 heteroatoms. The van der Waals surface area contributed by atoms with E-state index in [0.717, 1.165) is 10.4 Å². The summed E-state index contributed by atoms with van der Waals surface area (Å²) in [6.45, 7) is 3.56. The summed E-state index contributed by atoms with van der Waals surface area (Å²) in [5.74, 6) is 0.761. The highest BCUT2D eigenvalue weighted by Gasteiger charge is 2.15. The predicted molar refractivity (Wildman–Crippen MR) is 104 cm³/mol. The van der Waals surface area contributed by atoms with Gasteiger partial charge in [-0.3, -0.25) is 9.36 Å². The van der Waals surface area contributed by atoms with E-state index in [1.165, 1.54) is 28.0 Å². The second kappa shape index (κ2) is 6.03. The van der Waals surface area contributed by atoms with Gasteiger partial charge >= 0.3 is 0 Å². The van der Waals surface area contributed by atoms with E-state index in [4.69, 9.17) is 0 Å². The van der Waals surface area contributed by atoms with E-state index < -0.39 is 0 Å². The lowest BCUT2D eigenvalue weighted by molar-refractivity contribution is 0.628. The number of nitrogens with zero attached hydrogens (tertiary/aromatic N) is 6. The number of benzene rings is 1. The molecule has 5 rings (SSSR count). The van der Waals surface area contributed by atoms with Gasteiger partial charge in [0.25, 0.3) is 11.3 Å². The lowest BCUT2D eigenvalue weighted by Gasteiger charge is -2.06. The van der Waals surface area contributed by atoms with Gasteiger partial charge in [0.2, 0.25) is 0 Å². The highest BCUT2D eigenvalue weighted by molar-refractivity contribution is 7.17. The average Bonchev–Trinajstić information content (AvgIpc) is 3.29. The number of aromatic nitrogens is 6. The van der Waals surface area contributed by atoms with E-state index in [2.05, 4.69) is 20.1 Å². The molecule has 5 aromatic rings. The molecule has 0 N–H and O–H groups in total. The summed E-state index contributed by atoms with van der Waals surface area (Å²) in [6, 6.07) is 7.99. The molecule has 0 saturated carbocycles. The van der Waals surface area contributed by atoms with E-state index in [1.807, 2.05) is 6.07 Å². The van der Waals surface area contributed by atoms with E-state index in [1.54, 1.807) is 42.9 Å². The van der Waals surface area contributed by atoms with E-state index >= 15 is 0 Å². The minimum atomic E-state index is -0.295.